The van der Waals surface area contributed by atoms with Gasteiger partial charge in [-0.15, -0.1) is 0 Å². The fourth-order valence-corrected chi connectivity index (χ4v) is 3.18. The molecule has 3 aromatic heterocycles. The molecule has 128 valence electrons. The number of aryl methyl sites for hydroxylation is 1. The Morgan fingerprint density at radius 3 is 2.88 bits per heavy atom. The van der Waals surface area contributed by atoms with Gasteiger partial charge in [-0.2, -0.15) is 0 Å². The molecule has 0 aromatic carbocycles. The van der Waals surface area contributed by atoms with Gasteiger partial charge in [0.05, 0.1) is 11.4 Å². The largest absolute Gasteiger partial charge is 0.334 e. The highest BCUT2D eigenvalue weighted by Gasteiger charge is 2.22. The number of hydrogen-bond acceptors (Lipinski definition) is 5. The van der Waals surface area contributed by atoms with Gasteiger partial charge in [0.25, 0.3) is 5.56 Å². The molecular formula is C18H20N6O. The van der Waals surface area contributed by atoms with Crippen LogP contribution in [0.5, 0.6) is 0 Å². The summed E-state index contributed by atoms with van der Waals surface area (Å²) in [6, 6.07) is 5.58. The highest BCUT2D eigenvalue weighted by atomic mass is 16.1. The summed E-state index contributed by atoms with van der Waals surface area (Å²) in [6.45, 7) is 4.29. The molecule has 0 aliphatic carbocycles. The minimum absolute atomic E-state index is 0.0540. The number of nitrogens with one attached hydrogen (secondary N) is 1. The van der Waals surface area contributed by atoms with Gasteiger partial charge in [-0.3, -0.25) is 14.7 Å². The molecule has 1 aliphatic heterocycles. The minimum Gasteiger partial charge on any atom is -0.334 e. The lowest BCUT2D eigenvalue weighted by Crippen LogP contribution is -2.35. The average molecular weight is 336 g/mol. The number of nitrogens with zero attached hydrogens (tertiary/aromatic N) is 5. The fourth-order valence-electron chi connectivity index (χ4n) is 3.18. The van der Waals surface area contributed by atoms with E-state index in [4.69, 9.17) is 0 Å². The van der Waals surface area contributed by atoms with E-state index < -0.39 is 0 Å². The number of rotatable bonds is 3. The van der Waals surface area contributed by atoms with Gasteiger partial charge in [0.15, 0.2) is 5.82 Å². The Kier molecular flexibility index (Phi) is 3.93. The molecule has 4 rings (SSSR count). The maximum absolute atomic E-state index is 12.4. The number of fused-ring (bicyclic) bond motifs is 1. The van der Waals surface area contributed by atoms with Crippen LogP contribution in [0.2, 0.25) is 0 Å². The predicted molar refractivity (Wildman–Crippen MR) is 93.9 cm³/mol. The SMILES string of the molecule is Cc1ncc(CN2CCc3c(nc(-c4ccccn4)[nH]c3=O)C2)n1C. The second kappa shape index (κ2) is 6.25. The zero-order chi connectivity index (χ0) is 17.4. The molecular weight excluding hydrogens is 316 g/mol. The summed E-state index contributed by atoms with van der Waals surface area (Å²) in [7, 11) is 2.03. The van der Waals surface area contributed by atoms with E-state index in [-0.39, 0.29) is 5.56 Å². The first-order valence-electron chi connectivity index (χ1n) is 8.35. The topological polar surface area (TPSA) is 79.7 Å². The summed E-state index contributed by atoms with van der Waals surface area (Å²) in [6.07, 6.45) is 4.32. The molecule has 0 spiro atoms. The van der Waals surface area contributed by atoms with Crippen LogP contribution >= 0.6 is 0 Å². The Morgan fingerprint density at radius 2 is 2.16 bits per heavy atom. The van der Waals surface area contributed by atoms with Crippen LogP contribution in [0, 0.1) is 6.92 Å². The van der Waals surface area contributed by atoms with Crippen molar-refractivity contribution in [3.63, 3.8) is 0 Å². The van der Waals surface area contributed by atoms with Crippen LogP contribution in [-0.2, 0) is 26.6 Å². The smallest absolute Gasteiger partial charge is 0.254 e. The standard InChI is InChI=1S/C18H20N6O/c1-12-20-9-13(23(12)2)10-24-8-6-14-16(11-24)21-17(22-18(14)25)15-5-3-4-7-19-15/h3-5,7,9H,6,8,10-11H2,1-2H3,(H,21,22,25). The Morgan fingerprint density at radius 1 is 1.28 bits per heavy atom. The van der Waals surface area contributed by atoms with Crippen molar-refractivity contribution in [1.82, 2.24) is 29.4 Å². The van der Waals surface area contributed by atoms with Gasteiger partial charge in [0.2, 0.25) is 0 Å². The van der Waals surface area contributed by atoms with E-state index in [1.165, 1.54) is 0 Å². The molecule has 0 fully saturated rings. The number of aromatic amines is 1. The van der Waals surface area contributed by atoms with E-state index in [9.17, 15) is 4.79 Å². The normalized spacial score (nSPS) is 14.5. The van der Waals surface area contributed by atoms with Gasteiger partial charge in [0.1, 0.15) is 11.5 Å². The van der Waals surface area contributed by atoms with Crippen LogP contribution in [-0.4, -0.2) is 35.9 Å². The van der Waals surface area contributed by atoms with Gasteiger partial charge < -0.3 is 9.55 Å². The van der Waals surface area contributed by atoms with Crippen LogP contribution in [0.3, 0.4) is 0 Å². The zero-order valence-electron chi connectivity index (χ0n) is 14.4. The molecule has 0 bridgehead atoms. The van der Waals surface area contributed by atoms with E-state index in [1.54, 1.807) is 6.20 Å². The first kappa shape index (κ1) is 15.7. The summed E-state index contributed by atoms with van der Waals surface area (Å²) >= 11 is 0. The van der Waals surface area contributed by atoms with Crippen LogP contribution in [0.25, 0.3) is 11.5 Å². The highest BCUT2D eigenvalue weighted by molar-refractivity contribution is 5.49. The van der Waals surface area contributed by atoms with Crippen LogP contribution in [0.1, 0.15) is 22.8 Å². The molecule has 7 nitrogen and oxygen atoms in total. The first-order chi connectivity index (χ1) is 12.1. The summed E-state index contributed by atoms with van der Waals surface area (Å²) in [5.74, 6) is 1.53. The Balaban J connectivity index is 1.62. The van der Waals surface area contributed by atoms with Gasteiger partial charge in [-0.25, -0.2) is 9.97 Å². The third-order valence-electron chi connectivity index (χ3n) is 4.76. The fraction of sp³-hybridized carbons (Fsp3) is 0.333. The van der Waals surface area contributed by atoms with Gasteiger partial charge in [0, 0.05) is 44.6 Å². The van der Waals surface area contributed by atoms with Crippen LogP contribution < -0.4 is 5.56 Å². The van der Waals surface area contributed by atoms with Crippen molar-refractivity contribution in [2.24, 2.45) is 7.05 Å². The van der Waals surface area contributed by atoms with E-state index in [2.05, 4.69) is 29.4 Å². The molecule has 0 radical (unpaired) electrons. The summed E-state index contributed by atoms with van der Waals surface area (Å²) in [5.41, 5.74) is 3.42. The summed E-state index contributed by atoms with van der Waals surface area (Å²) in [4.78, 5) is 30.9. The van der Waals surface area contributed by atoms with Gasteiger partial charge in [-0.05, 0) is 25.5 Å². The minimum atomic E-state index is -0.0540. The lowest BCUT2D eigenvalue weighted by molar-refractivity contribution is 0.235. The third kappa shape index (κ3) is 2.98. The number of pyridine rings is 1. The van der Waals surface area contributed by atoms with Crippen LogP contribution in [0.4, 0.5) is 0 Å². The zero-order valence-corrected chi connectivity index (χ0v) is 14.4. The summed E-state index contributed by atoms with van der Waals surface area (Å²) in [5, 5.41) is 0. The van der Waals surface area contributed by atoms with E-state index >= 15 is 0 Å². The van der Waals surface area contributed by atoms with Crippen molar-refractivity contribution in [3.05, 3.63) is 63.7 Å². The van der Waals surface area contributed by atoms with Crippen LogP contribution in [0.15, 0.2) is 35.4 Å². The molecule has 0 saturated carbocycles. The molecule has 0 atom stereocenters. The van der Waals surface area contributed by atoms with Crippen molar-refractivity contribution in [2.45, 2.75) is 26.4 Å². The molecule has 0 saturated heterocycles. The van der Waals surface area contributed by atoms with Gasteiger partial charge >= 0.3 is 0 Å². The van der Waals surface area contributed by atoms with Crippen molar-refractivity contribution in [3.8, 4) is 11.5 Å². The third-order valence-corrected chi connectivity index (χ3v) is 4.76. The van der Waals surface area contributed by atoms with E-state index in [1.807, 2.05) is 38.4 Å². The second-order valence-corrected chi connectivity index (χ2v) is 6.37. The average Bonchev–Trinajstić information content (AvgIpc) is 2.94. The molecule has 7 heteroatoms. The molecule has 4 heterocycles. The second-order valence-electron chi connectivity index (χ2n) is 6.37. The molecule has 25 heavy (non-hydrogen) atoms. The molecule has 3 aromatic rings. The number of aromatic nitrogens is 5. The Hall–Kier alpha value is -2.80. The lowest BCUT2D eigenvalue weighted by atomic mass is 10.1. The number of hydrogen-bond donors (Lipinski definition) is 1. The van der Waals surface area contributed by atoms with Crippen molar-refractivity contribution in [2.75, 3.05) is 6.54 Å². The maximum atomic E-state index is 12.4. The quantitative estimate of drug-likeness (QED) is 0.783. The number of imidazole rings is 1. The van der Waals surface area contributed by atoms with E-state index in [0.29, 0.717) is 24.5 Å². The Bertz CT molecular complexity index is 959. The highest BCUT2D eigenvalue weighted by Crippen LogP contribution is 2.19. The van der Waals surface area contributed by atoms with Crippen molar-refractivity contribution >= 4 is 0 Å². The molecule has 1 N–H and O–H groups in total. The Labute approximate surface area is 145 Å². The first-order valence-corrected chi connectivity index (χ1v) is 8.35. The molecule has 0 unspecified atom stereocenters. The molecule has 1 aliphatic rings. The van der Waals surface area contributed by atoms with Gasteiger partial charge in [-0.1, -0.05) is 6.07 Å². The number of H-pyrrole nitrogens is 1. The molecule has 0 amide bonds. The lowest BCUT2D eigenvalue weighted by Gasteiger charge is -2.27. The predicted octanol–water partition coefficient (Wildman–Crippen LogP) is 1.43. The monoisotopic (exact) mass is 336 g/mol. The summed E-state index contributed by atoms with van der Waals surface area (Å²) < 4.78 is 2.10. The maximum Gasteiger partial charge on any atom is 0.254 e. The van der Waals surface area contributed by atoms with E-state index in [0.717, 1.165) is 35.9 Å². The van der Waals surface area contributed by atoms with Crippen molar-refractivity contribution < 1.29 is 0 Å². The van der Waals surface area contributed by atoms with Crippen molar-refractivity contribution in [1.29, 1.82) is 0 Å².